The van der Waals surface area contributed by atoms with E-state index in [-0.39, 0.29) is 0 Å². The summed E-state index contributed by atoms with van der Waals surface area (Å²) in [4.78, 5) is 0. The van der Waals surface area contributed by atoms with Crippen LogP contribution in [0.3, 0.4) is 0 Å². The van der Waals surface area contributed by atoms with Crippen LogP contribution in [-0.2, 0) is 0 Å². The molecule has 1 heterocycles. The van der Waals surface area contributed by atoms with Crippen LogP contribution in [-0.4, -0.2) is 15.6 Å². The number of nitrogens with zero attached hydrogens (tertiary/aromatic N) is 2. The number of aromatic nitrogens is 2. The van der Waals surface area contributed by atoms with E-state index in [4.69, 9.17) is 0 Å². The van der Waals surface area contributed by atoms with Crippen molar-refractivity contribution in [1.82, 2.24) is 9.59 Å². The van der Waals surface area contributed by atoms with Crippen molar-refractivity contribution in [3.8, 4) is 0 Å². The van der Waals surface area contributed by atoms with Crippen LogP contribution in [0.2, 0.25) is 0 Å². The smallest absolute Gasteiger partial charge is 0.130 e. The number of nitrogens with one attached hydrogen (secondary N) is 1. The molecular weight excluding hydrogens is 146 g/mol. The van der Waals surface area contributed by atoms with Gasteiger partial charge in [0.1, 0.15) is 5.00 Å². The lowest BCUT2D eigenvalue weighted by Gasteiger charge is -2.08. The van der Waals surface area contributed by atoms with Gasteiger partial charge in [-0.2, -0.15) is 0 Å². The van der Waals surface area contributed by atoms with Crippen LogP contribution in [0.25, 0.3) is 0 Å². The Balaban J connectivity index is 2.40. The first-order valence-corrected chi connectivity index (χ1v) is 4.14. The number of anilines is 1. The van der Waals surface area contributed by atoms with E-state index >= 15 is 0 Å². The summed E-state index contributed by atoms with van der Waals surface area (Å²) in [6, 6.07) is 0.516. The zero-order chi connectivity index (χ0) is 7.40. The van der Waals surface area contributed by atoms with Crippen LogP contribution in [0.5, 0.6) is 0 Å². The van der Waals surface area contributed by atoms with Gasteiger partial charge in [0.25, 0.3) is 0 Å². The number of hydrogen-bond acceptors (Lipinski definition) is 4. The van der Waals surface area contributed by atoms with Crippen molar-refractivity contribution < 1.29 is 0 Å². The van der Waals surface area contributed by atoms with Crippen molar-refractivity contribution in [3.63, 3.8) is 0 Å². The monoisotopic (exact) mass is 157 g/mol. The molecule has 1 unspecified atom stereocenters. The molecule has 0 aliphatic heterocycles. The fourth-order valence-electron chi connectivity index (χ4n) is 0.576. The minimum Gasteiger partial charge on any atom is -0.372 e. The second-order valence-corrected chi connectivity index (χ2v) is 3.02. The van der Waals surface area contributed by atoms with Crippen molar-refractivity contribution in [2.45, 2.75) is 26.3 Å². The summed E-state index contributed by atoms with van der Waals surface area (Å²) in [5.41, 5.74) is 0. The zero-order valence-electron chi connectivity index (χ0n) is 6.16. The van der Waals surface area contributed by atoms with Gasteiger partial charge >= 0.3 is 0 Å². The summed E-state index contributed by atoms with van der Waals surface area (Å²) in [5, 5.41) is 8.03. The first-order valence-electron chi connectivity index (χ1n) is 3.36. The highest BCUT2D eigenvalue weighted by molar-refractivity contribution is 7.09. The number of rotatable bonds is 3. The van der Waals surface area contributed by atoms with Gasteiger partial charge in [-0.05, 0) is 13.3 Å². The molecule has 0 amide bonds. The minimum atomic E-state index is 0.516. The van der Waals surface area contributed by atoms with Gasteiger partial charge in [-0.1, -0.05) is 11.4 Å². The topological polar surface area (TPSA) is 37.8 Å². The first kappa shape index (κ1) is 7.47. The van der Waals surface area contributed by atoms with Crippen molar-refractivity contribution in [2.75, 3.05) is 5.32 Å². The van der Waals surface area contributed by atoms with Gasteiger partial charge in [0.2, 0.25) is 0 Å². The third kappa shape index (κ3) is 1.95. The third-order valence-electron chi connectivity index (χ3n) is 1.36. The Morgan fingerprint density at radius 3 is 3.10 bits per heavy atom. The maximum Gasteiger partial charge on any atom is 0.130 e. The highest BCUT2D eigenvalue weighted by Crippen LogP contribution is 2.11. The van der Waals surface area contributed by atoms with E-state index in [2.05, 4.69) is 28.8 Å². The summed E-state index contributed by atoms with van der Waals surface area (Å²) in [5.74, 6) is 0. The molecule has 0 spiro atoms. The van der Waals surface area contributed by atoms with Crippen LogP contribution in [0.4, 0.5) is 5.00 Å². The van der Waals surface area contributed by atoms with Crippen LogP contribution in [0, 0.1) is 0 Å². The summed E-state index contributed by atoms with van der Waals surface area (Å²) < 4.78 is 3.74. The Labute approximate surface area is 64.6 Å². The molecule has 0 saturated heterocycles. The van der Waals surface area contributed by atoms with E-state index in [1.807, 2.05) is 0 Å². The molecule has 1 N–H and O–H groups in total. The van der Waals surface area contributed by atoms with E-state index in [1.165, 1.54) is 11.5 Å². The Bertz CT molecular complexity index is 173. The predicted octanol–water partition coefficient (Wildman–Crippen LogP) is 1.75. The quantitative estimate of drug-likeness (QED) is 0.726. The van der Waals surface area contributed by atoms with Crippen LogP contribution >= 0.6 is 11.5 Å². The van der Waals surface area contributed by atoms with Crippen LogP contribution in [0.15, 0.2) is 6.20 Å². The Hall–Kier alpha value is -0.640. The number of hydrogen-bond donors (Lipinski definition) is 1. The Morgan fingerprint density at radius 2 is 2.60 bits per heavy atom. The third-order valence-corrected chi connectivity index (χ3v) is 1.96. The van der Waals surface area contributed by atoms with E-state index < -0.39 is 0 Å². The molecule has 10 heavy (non-hydrogen) atoms. The molecule has 4 heteroatoms. The molecule has 0 radical (unpaired) electrons. The molecule has 1 rings (SSSR count). The van der Waals surface area contributed by atoms with E-state index in [0.29, 0.717) is 6.04 Å². The zero-order valence-corrected chi connectivity index (χ0v) is 6.98. The highest BCUT2D eigenvalue weighted by Gasteiger charge is 1.98. The SMILES string of the molecule is CCC(C)Nc1cnns1. The lowest BCUT2D eigenvalue weighted by molar-refractivity contribution is 0.766. The molecule has 0 aliphatic rings. The van der Waals surface area contributed by atoms with Gasteiger partial charge in [0, 0.05) is 17.6 Å². The second kappa shape index (κ2) is 3.51. The highest BCUT2D eigenvalue weighted by atomic mass is 32.1. The summed E-state index contributed by atoms with van der Waals surface area (Å²) >= 11 is 1.39. The van der Waals surface area contributed by atoms with Gasteiger partial charge in [0.15, 0.2) is 0 Å². The Morgan fingerprint density at radius 1 is 1.80 bits per heavy atom. The van der Waals surface area contributed by atoms with E-state index in [0.717, 1.165) is 11.4 Å². The molecule has 56 valence electrons. The standard InChI is InChI=1S/C6H11N3S/c1-3-5(2)8-6-4-7-9-10-6/h4-5,8H,3H2,1-2H3. The minimum absolute atomic E-state index is 0.516. The second-order valence-electron chi connectivity index (χ2n) is 2.24. The largest absolute Gasteiger partial charge is 0.372 e. The maximum absolute atomic E-state index is 3.74. The van der Waals surface area contributed by atoms with Crippen LogP contribution in [0.1, 0.15) is 20.3 Å². The summed E-state index contributed by atoms with van der Waals surface area (Å²) in [6.07, 6.45) is 2.87. The molecule has 3 nitrogen and oxygen atoms in total. The molecule has 1 aromatic rings. The van der Waals surface area contributed by atoms with Gasteiger partial charge in [-0.3, -0.25) is 0 Å². The van der Waals surface area contributed by atoms with Crippen LogP contribution < -0.4 is 5.32 Å². The van der Waals surface area contributed by atoms with Crippen molar-refractivity contribution in [3.05, 3.63) is 6.20 Å². The van der Waals surface area contributed by atoms with Crippen molar-refractivity contribution in [2.24, 2.45) is 0 Å². The van der Waals surface area contributed by atoms with E-state index in [1.54, 1.807) is 6.20 Å². The summed E-state index contributed by atoms with van der Waals surface area (Å²) in [7, 11) is 0. The van der Waals surface area contributed by atoms with Gasteiger partial charge < -0.3 is 5.32 Å². The fourth-order valence-corrected chi connectivity index (χ4v) is 1.11. The lowest BCUT2D eigenvalue weighted by Crippen LogP contribution is -2.11. The molecule has 0 fully saturated rings. The first-order chi connectivity index (χ1) is 4.83. The molecule has 0 bridgehead atoms. The fraction of sp³-hybridized carbons (Fsp3) is 0.667. The molecular formula is C6H11N3S. The normalized spacial score (nSPS) is 13.0. The van der Waals surface area contributed by atoms with Crippen molar-refractivity contribution in [1.29, 1.82) is 0 Å². The van der Waals surface area contributed by atoms with Gasteiger partial charge in [-0.15, -0.1) is 5.10 Å². The molecule has 1 aromatic heterocycles. The van der Waals surface area contributed by atoms with Crippen molar-refractivity contribution >= 4 is 16.5 Å². The van der Waals surface area contributed by atoms with Gasteiger partial charge in [0.05, 0.1) is 6.20 Å². The molecule has 0 saturated carbocycles. The molecule has 0 aromatic carbocycles. The summed E-state index contributed by atoms with van der Waals surface area (Å²) in [6.45, 7) is 4.28. The Kier molecular flexibility index (Phi) is 2.62. The predicted molar refractivity (Wildman–Crippen MR) is 43.3 cm³/mol. The van der Waals surface area contributed by atoms with Gasteiger partial charge in [-0.25, -0.2) is 0 Å². The molecule has 1 atom stereocenters. The average Bonchev–Trinajstić information content (AvgIpc) is 2.40. The average molecular weight is 157 g/mol. The van der Waals surface area contributed by atoms with E-state index in [9.17, 15) is 0 Å². The maximum atomic E-state index is 3.74. The lowest BCUT2D eigenvalue weighted by atomic mass is 10.3. The molecule has 0 aliphatic carbocycles.